The summed E-state index contributed by atoms with van der Waals surface area (Å²) in [6, 6.07) is 29.2. The van der Waals surface area contributed by atoms with Crippen molar-refractivity contribution in [2.24, 2.45) is 0 Å². The standard InChI is InChI=1S/C21H21N3S/c25-18-13-7-12-17(14-18)21-23-19(15-8-3-1-4-9-15)22-20(24-21)16-10-5-2-6-11-16/h1-14,19-25H. The highest BCUT2D eigenvalue weighted by atomic mass is 32.1. The second-order valence-corrected chi connectivity index (χ2v) is 6.73. The lowest BCUT2D eigenvalue weighted by molar-refractivity contribution is 0.203. The van der Waals surface area contributed by atoms with E-state index in [0.717, 1.165) is 4.90 Å². The molecule has 4 rings (SSSR count). The van der Waals surface area contributed by atoms with Crippen molar-refractivity contribution < 1.29 is 0 Å². The zero-order chi connectivity index (χ0) is 17.1. The van der Waals surface area contributed by atoms with Crippen LogP contribution in [0.3, 0.4) is 0 Å². The highest BCUT2D eigenvalue weighted by molar-refractivity contribution is 7.80. The van der Waals surface area contributed by atoms with Crippen molar-refractivity contribution >= 4 is 12.6 Å². The third-order valence-electron chi connectivity index (χ3n) is 4.47. The minimum absolute atomic E-state index is 0.0313. The molecule has 3 N–H and O–H groups in total. The molecule has 3 aromatic carbocycles. The quantitative estimate of drug-likeness (QED) is 0.538. The van der Waals surface area contributed by atoms with Crippen molar-refractivity contribution in [1.29, 1.82) is 0 Å². The maximum Gasteiger partial charge on any atom is 0.0864 e. The van der Waals surface area contributed by atoms with Gasteiger partial charge in [0.05, 0.1) is 18.5 Å². The molecule has 0 bridgehead atoms. The Balaban J connectivity index is 1.67. The van der Waals surface area contributed by atoms with Crippen LogP contribution in [0.4, 0.5) is 0 Å². The first kappa shape index (κ1) is 16.4. The molecule has 1 aliphatic rings. The number of nitrogens with one attached hydrogen (secondary N) is 3. The second-order valence-electron chi connectivity index (χ2n) is 6.22. The summed E-state index contributed by atoms with van der Waals surface area (Å²) in [4.78, 5) is 0.965. The van der Waals surface area contributed by atoms with Crippen LogP contribution in [0.5, 0.6) is 0 Å². The molecular formula is C21H21N3S. The summed E-state index contributed by atoms with van der Waals surface area (Å²) in [6.07, 6.45) is 0.145. The molecule has 0 spiro atoms. The lowest BCUT2D eigenvalue weighted by atomic mass is 10.0. The molecule has 3 aromatic rings. The zero-order valence-corrected chi connectivity index (χ0v) is 14.7. The zero-order valence-electron chi connectivity index (χ0n) is 13.8. The third-order valence-corrected chi connectivity index (χ3v) is 4.75. The van der Waals surface area contributed by atoms with E-state index in [0.29, 0.717) is 0 Å². The van der Waals surface area contributed by atoms with Gasteiger partial charge in [-0.05, 0) is 28.8 Å². The van der Waals surface area contributed by atoms with E-state index in [1.165, 1.54) is 16.7 Å². The van der Waals surface area contributed by atoms with Crippen molar-refractivity contribution in [3.05, 3.63) is 102 Å². The number of benzene rings is 3. The minimum atomic E-state index is 0.0313. The molecular weight excluding hydrogens is 326 g/mol. The van der Waals surface area contributed by atoms with E-state index >= 15 is 0 Å². The summed E-state index contributed by atoms with van der Waals surface area (Å²) in [6.45, 7) is 0. The van der Waals surface area contributed by atoms with Gasteiger partial charge in [-0.2, -0.15) is 0 Å². The summed E-state index contributed by atoms with van der Waals surface area (Å²) in [5, 5.41) is 11.0. The summed E-state index contributed by atoms with van der Waals surface area (Å²) in [7, 11) is 0. The molecule has 1 saturated heterocycles. The highest BCUT2D eigenvalue weighted by Gasteiger charge is 2.29. The number of hydrogen-bond donors (Lipinski definition) is 4. The van der Waals surface area contributed by atoms with E-state index in [4.69, 9.17) is 0 Å². The van der Waals surface area contributed by atoms with Crippen LogP contribution in [-0.2, 0) is 0 Å². The molecule has 1 aliphatic heterocycles. The Kier molecular flexibility index (Phi) is 4.85. The summed E-state index contributed by atoms with van der Waals surface area (Å²) < 4.78 is 0. The van der Waals surface area contributed by atoms with Gasteiger partial charge in [0.2, 0.25) is 0 Å². The van der Waals surface area contributed by atoms with Crippen LogP contribution in [0.25, 0.3) is 0 Å². The van der Waals surface area contributed by atoms with Crippen molar-refractivity contribution in [3.8, 4) is 0 Å². The molecule has 0 aliphatic carbocycles. The highest BCUT2D eigenvalue weighted by Crippen LogP contribution is 2.27. The Bertz CT molecular complexity index is 775. The van der Waals surface area contributed by atoms with Gasteiger partial charge < -0.3 is 0 Å². The van der Waals surface area contributed by atoms with Gasteiger partial charge in [0.15, 0.2) is 0 Å². The maximum atomic E-state index is 4.49. The third kappa shape index (κ3) is 3.78. The monoisotopic (exact) mass is 347 g/mol. The van der Waals surface area contributed by atoms with Crippen molar-refractivity contribution in [1.82, 2.24) is 16.0 Å². The predicted molar refractivity (Wildman–Crippen MR) is 104 cm³/mol. The normalized spacial score (nSPS) is 23.3. The summed E-state index contributed by atoms with van der Waals surface area (Å²) in [5.74, 6) is 0. The van der Waals surface area contributed by atoms with Crippen LogP contribution in [0.15, 0.2) is 89.8 Å². The first-order chi connectivity index (χ1) is 12.3. The van der Waals surface area contributed by atoms with Gasteiger partial charge in [0.1, 0.15) is 0 Å². The van der Waals surface area contributed by atoms with Gasteiger partial charge in [0, 0.05) is 4.90 Å². The molecule has 4 heteroatoms. The minimum Gasteiger partial charge on any atom is -0.279 e. The van der Waals surface area contributed by atoms with Gasteiger partial charge in [-0.15, -0.1) is 12.6 Å². The average Bonchev–Trinajstić information content (AvgIpc) is 2.69. The largest absolute Gasteiger partial charge is 0.279 e. The van der Waals surface area contributed by atoms with E-state index in [1.54, 1.807) is 0 Å². The van der Waals surface area contributed by atoms with Crippen LogP contribution in [0.2, 0.25) is 0 Å². The van der Waals surface area contributed by atoms with Gasteiger partial charge in [-0.3, -0.25) is 16.0 Å². The van der Waals surface area contributed by atoms with Gasteiger partial charge >= 0.3 is 0 Å². The molecule has 126 valence electrons. The molecule has 1 heterocycles. The van der Waals surface area contributed by atoms with Crippen LogP contribution in [0.1, 0.15) is 35.2 Å². The Hall–Kier alpha value is -2.11. The van der Waals surface area contributed by atoms with E-state index in [-0.39, 0.29) is 18.5 Å². The Morgan fingerprint density at radius 3 is 1.44 bits per heavy atom. The van der Waals surface area contributed by atoms with Crippen molar-refractivity contribution in [2.45, 2.75) is 23.4 Å². The Labute approximate surface area is 153 Å². The van der Waals surface area contributed by atoms with E-state index in [9.17, 15) is 0 Å². The van der Waals surface area contributed by atoms with Crippen LogP contribution in [-0.4, -0.2) is 0 Å². The second kappa shape index (κ2) is 7.42. The van der Waals surface area contributed by atoms with Crippen molar-refractivity contribution in [2.75, 3.05) is 0 Å². The van der Waals surface area contributed by atoms with Crippen LogP contribution >= 0.6 is 12.6 Å². The molecule has 2 unspecified atom stereocenters. The SMILES string of the molecule is Sc1cccc(C2NC(c3ccccc3)NC(c3ccccc3)N2)c1. The van der Waals surface area contributed by atoms with Gasteiger partial charge in [-0.25, -0.2) is 0 Å². The smallest absolute Gasteiger partial charge is 0.0864 e. The lowest BCUT2D eigenvalue weighted by Crippen LogP contribution is -2.54. The molecule has 0 aromatic heterocycles. The first-order valence-corrected chi connectivity index (χ1v) is 8.91. The van der Waals surface area contributed by atoms with Crippen LogP contribution < -0.4 is 16.0 Å². The Morgan fingerprint density at radius 1 is 0.520 bits per heavy atom. The Morgan fingerprint density at radius 2 is 0.960 bits per heavy atom. The van der Waals surface area contributed by atoms with E-state index < -0.39 is 0 Å². The number of hydrogen-bond acceptors (Lipinski definition) is 4. The topological polar surface area (TPSA) is 36.1 Å². The number of thiol groups is 1. The fraction of sp³-hybridized carbons (Fsp3) is 0.143. The molecule has 3 nitrogen and oxygen atoms in total. The summed E-state index contributed by atoms with van der Waals surface area (Å²) >= 11 is 4.49. The lowest BCUT2D eigenvalue weighted by Gasteiger charge is -2.39. The average molecular weight is 347 g/mol. The molecule has 0 radical (unpaired) electrons. The van der Waals surface area contributed by atoms with Crippen LogP contribution in [0, 0.1) is 0 Å². The molecule has 0 saturated carbocycles. The molecule has 0 amide bonds. The maximum absolute atomic E-state index is 4.49. The van der Waals surface area contributed by atoms with E-state index in [1.807, 2.05) is 24.3 Å². The fourth-order valence-corrected chi connectivity index (χ4v) is 3.45. The fourth-order valence-electron chi connectivity index (χ4n) is 3.22. The molecule has 2 atom stereocenters. The van der Waals surface area contributed by atoms with Gasteiger partial charge in [-0.1, -0.05) is 72.8 Å². The molecule has 25 heavy (non-hydrogen) atoms. The molecule has 1 fully saturated rings. The number of rotatable bonds is 3. The van der Waals surface area contributed by atoms with Crippen molar-refractivity contribution in [3.63, 3.8) is 0 Å². The predicted octanol–water partition coefficient (Wildman–Crippen LogP) is 4.15. The first-order valence-electron chi connectivity index (χ1n) is 8.46. The summed E-state index contributed by atoms with van der Waals surface area (Å²) in [5.41, 5.74) is 3.62. The van der Waals surface area contributed by atoms with E-state index in [2.05, 4.69) is 89.2 Å². The van der Waals surface area contributed by atoms with Gasteiger partial charge in [0.25, 0.3) is 0 Å².